The molecular formula is C19H16O7. The molecule has 4 rings (SSSR count). The number of ether oxygens (including phenoxy) is 3. The van der Waals surface area contributed by atoms with Gasteiger partial charge in [0.2, 0.25) is 6.79 Å². The SMILES string of the molecule is Cc1c(O)c(C=O)c(O)c2c1OC[C@@H](Cc1ccc3c(c1)OCO3)C2=O. The summed E-state index contributed by atoms with van der Waals surface area (Å²) in [6, 6.07) is 5.43. The average molecular weight is 356 g/mol. The van der Waals surface area contributed by atoms with Crippen LogP contribution in [0.25, 0.3) is 0 Å². The maximum atomic E-state index is 12.9. The fraction of sp³-hybridized carbons (Fsp3) is 0.263. The van der Waals surface area contributed by atoms with Gasteiger partial charge in [-0.3, -0.25) is 9.59 Å². The zero-order valence-corrected chi connectivity index (χ0v) is 13.9. The Labute approximate surface area is 148 Å². The molecule has 0 spiro atoms. The van der Waals surface area contributed by atoms with Crippen LogP contribution >= 0.6 is 0 Å². The highest BCUT2D eigenvalue weighted by atomic mass is 16.7. The van der Waals surface area contributed by atoms with Crippen molar-refractivity contribution in [1.82, 2.24) is 0 Å². The molecule has 0 saturated heterocycles. The predicted molar refractivity (Wildman–Crippen MR) is 89.5 cm³/mol. The van der Waals surface area contributed by atoms with Crippen molar-refractivity contribution in [2.45, 2.75) is 13.3 Å². The van der Waals surface area contributed by atoms with Crippen LogP contribution in [-0.2, 0) is 6.42 Å². The molecule has 26 heavy (non-hydrogen) atoms. The number of carbonyl (C=O) groups is 2. The second-order valence-electron chi connectivity index (χ2n) is 6.32. The number of ketones is 1. The van der Waals surface area contributed by atoms with Crippen molar-refractivity contribution in [3.63, 3.8) is 0 Å². The Morgan fingerprint density at radius 1 is 1.15 bits per heavy atom. The molecule has 7 heteroatoms. The van der Waals surface area contributed by atoms with Gasteiger partial charge in [0.25, 0.3) is 0 Å². The zero-order chi connectivity index (χ0) is 18.4. The number of Topliss-reactive ketones (excluding diaryl/α,β-unsaturated/α-hetero) is 1. The highest BCUT2D eigenvalue weighted by molar-refractivity contribution is 6.07. The summed E-state index contributed by atoms with van der Waals surface area (Å²) < 4.78 is 16.3. The monoisotopic (exact) mass is 356 g/mol. The van der Waals surface area contributed by atoms with Gasteiger partial charge in [0, 0.05) is 5.56 Å². The van der Waals surface area contributed by atoms with Crippen LogP contribution in [0.2, 0.25) is 0 Å². The fourth-order valence-corrected chi connectivity index (χ4v) is 3.34. The first-order chi connectivity index (χ1) is 12.5. The summed E-state index contributed by atoms with van der Waals surface area (Å²) in [5.41, 5.74) is 0.765. The number of phenolic OH excluding ortho intramolecular Hbond substituents is 2. The first kappa shape index (κ1) is 16.3. The number of phenols is 2. The lowest BCUT2D eigenvalue weighted by atomic mass is 9.87. The van der Waals surface area contributed by atoms with Gasteiger partial charge < -0.3 is 24.4 Å². The molecule has 0 saturated carbocycles. The summed E-state index contributed by atoms with van der Waals surface area (Å²) in [4.78, 5) is 24.1. The summed E-state index contributed by atoms with van der Waals surface area (Å²) >= 11 is 0. The van der Waals surface area contributed by atoms with Gasteiger partial charge >= 0.3 is 0 Å². The smallest absolute Gasteiger partial charge is 0.231 e. The van der Waals surface area contributed by atoms with E-state index in [1.807, 2.05) is 12.1 Å². The van der Waals surface area contributed by atoms with Crippen molar-refractivity contribution in [2.75, 3.05) is 13.4 Å². The molecule has 1 atom stereocenters. The minimum absolute atomic E-state index is 0.0561. The van der Waals surface area contributed by atoms with Crippen LogP contribution < -0.4 is 14.2 Å². The summed E-state index contributed by atoms with van der Waals surface area (Å²) in [5.74, 6) is -0.372. The molecule has 2 aliphatic rings. The maximum Gasteiger partial charge on any atom is 0.231 e. The van der Waals surface area contributed by atoms with Gasteiger partial charge in [-0.1, -0.05) is 6.07 Å². The van der Waals surface area contributed by atoms with E-state index in [9.17, 15) is 19.8 Å². The first-order valence-corrected chi connectivity index (χ1v) is 8.10. The number of rotatable bonds is 3. The van der Waals surface area contributed by atoms with Gasteiger partial charge in [0.15, 0.2) is 23.6 Å². The molecule has 2 aliphatic heterocycles. The lowest BCUT2D eigenvalue weighted by Gasteiger charge is -2.27. The van der Waals surface area contributed by atoms with Crippen LogP contribution in [0, 0.1) is 12.8 Å². The highest BCUT2D eigenvalue weighted by Gasteiger charge is 2.35. The van der Waals surface area contributed by atoms with Crippen LogP contribution in [0.15, 0.2) is 18.2 Å². The standard InChI is InChI=1S/C19H16O7/c1-9-16(21)12(6-20)18(23)15-17(22)11(7-24-19(9)15)4-10-2-3-13-14(5-10)26-8-25-13/h2-3,5-6,11,21,23H,4,7-8H2,1H3/t11-/m1/s1. The van der Waals surface area contributed by atoms with Crippen molar-refractivity contribution in [2.24, 2.45) is 5.92 Å². The second kappa shape index (κ2) is 5.94. The topological polar surface area (TPSA) is 102 Å². The largest absolute Gasteiger partial charge is 0.507 e. The van der Waals surface area contributed by atoms with E-state index in [0.29, 0.717) is 24.2 Å². The Bertz CT molecular complexity index is 932. The Morgan fingerprint density at radius 2 is 1.92 bits per heavy atom. The molecule has 0 bridgehead atoms. The van der Waals surface area contributed by atoms with E-state index in [-0.39, 0.29) is 47.4 Å². The molecule has 2 aromatic carbocycles. The Balaban J connectivity index is 1.68. The number of carbonyl (C=O) groups excluding carboxylic acids is 2. The highest BCUT2D eigenvalue weighted by Crippen LogP contribution is 2.45. The summed E-state index contributed by atoms with van der Waals surface area (Å²) in [5, 5.41) is 20.3. The second-order valence-corrected chi connectivity index (χ2v) is 6.32. The Hall–Kier alpha value is -3.22. The minimum atomic E-state index is -0.543. The number of fused-ring (bicyclic) bond motifs is 2. The first-order valence-electron chi connectivity index (χ1n) is 8.10. The van der Waals surface area contributed by atoms with Crippen molar-refractivity contribution < 1.29 is 34.0 Å². The third-order valence-corrected chi connectivity index (χ3v) is 4.75. The third-order valence-electron chi connectivity index (χ3n) is 4.75. The van der Waals surface area contributed by atoms with Crippen LogP contribution in [0.5, 0.6) is 28.7 Å². The van der Waals surface area contributed by atoms with Gasteiger partial charge in [-0.05, 0) is 31.0 Å². The van der Waals surface area contributed by atoms with Crippen LogP contribution in [-0.4, -0.2) is 35.7 Å². The number of hydrogen-bond donors (Lipinski definition) is 2. The molecule has 2 heterocycles. The van der Waals surface area contributed by atoms with E-state index in [0.717, 1.165) is 5.56 Å². The number of aromatic hydroxyl groups is 2. The van der Waals surface area contributed by atoms with Crippen LogP contribution in [0.4, 0.5) is 0 Å². The van der Waals surface area contributed by atoms with Gasteiger partial charge in [-0.15, -0.1) is 0 Å². The van der Waals surface area contributed by atoms with E-state index >= 15 is 0 Å². The maximum absolute atomic E-state index is 12.9. The number of hydrogen-bond acceptors (Lipinski definition) is 7. The van der Waals surface area contributed by atoms with Crippen molar-refractivity contribution in [3.8, 4) is 28.7 Å². The molecule has 0 aromatic heterocycles. The molecule has 0 unspecified atom stereocenters. The molecule has 0 aliphatic carbocycles. The van der Waals surface area contributed by atoms with Crippen LogP contribution in [0.1, 0.15) is 31.8 Å². The normalized spacial score (nSPS) is 17.6. The fourth-order valence-electron chi connectivity index (χ4n) is 3.34. The molecule has 0 amide bonds. The van der Waals surface area contributed by atoms with Gasteiger partial charge in [0.05, 0.1) is 18.1 Å². The van der Waals surface area contributed by atoms with E-state index in [2.05, 4.69) is 0 Å². The predicted octanol–water partition coefficient (Wildman–Crippen LogP) is 2.38. The summed E-state index contributed by atoms with van der Waals surface area (Å²) in [6.07, 6.45) is 0.706. The lowest BCUT2D eigenvalue weighted by Crippen LogP contribution is -2.30. The van der Waals surface area contributed by atoms with Gasteiger partial charge in [-0.25, -0.2) is 0 Å². The van der Waals surface area contributed by atoms with E-state index in [1.54, 1.807) is 6.07 Å². The van der Waals surface area contributed by atoms with Crippen LogP contribution in [0.3, 0.4) is 0 Å². The molecule has 134 valence electrons. The molecule has 0 fully saturated rings. The van der Waals surface area contributed by atoms with Crippen molar-refractivity contribution in [3.05, 3.63) is 40.5 Å². The quantitative estimate of drug-likeness (QED) is 0.814. The molecule has 2 aromatic rings. The number of aldehydes is 1. The van der Waals surface area contributed by atoms with Crippen molar-refractivity contribution >= 4 is 12.1 Å². The van der Waals surface area contributed by atoms with Gasteiger partial charge in [0.1, 0.15) is 22.8 Å². The molecular weight excluding hydrogens is 340 g/mol. The lowest BCUT2D eigenvalue weighted by molar-refractivity contribution is 0.0824. The van der Waals surface area contributed by atoms with E-state index < -0.39 is 11.7 Å². The molecule has 7 nitrogen and oxygen atoms in total. The summed E-state index contributed by atoms with van der Waals surface area (Å²) in [6.45, 7) is 1.81. The molecule has 2 N–H and O–H groups in total. The zero-order valence-electron chi connectivity index (χ0n) is 13.9. The minimum Gasteiger partial charge on any atom is -0.507 e. The summed E-state index contributed by atoms with van der Waals surface area (Å²) in [7, 11) is 0. The average Bonchev–Trinajstić information content (AvgIpc) is 3.09. The number of benzene rings is 2. The molecule has 0 radical (unpaired) electrons. The Kier molecular flexibility index (Phi) is 3.72. The third kappa shape index (κ3) is 2.35. The van der Waals surface area contributed by atoms with E-state index in [1.165, 1.54) is 6.92 Å². The van der Waals surface area contributed by atoms with Crippen molar-refractivity contribution in [1.29, 1.82) is 0 Å². The van der Waals surface area contributed by atoms with E-state index in [4.69, 9.17) is 14.2 Å². The Morgan fingerprint density at radius 3 is 2.69 bits per heavy atom. The van der Waals surface area contributed by atoms with Gasteiger partial charge in [-0.2, -0.15) is 0 Å².